The van der Waals surface area contributed by atoms with Crippen LogP contribution < -0.4 is 10.1 Å². The van der Waals surface area contributed by atoms with Crippen LogP contribution in [0.15, 0.2) is 36.5 Å². The zero-order valence-corrected chi connectivity index (χ0v) is 16.7. The maximum Gasteiger partial charge on any atom is 0.267 e. The standard InChI is InChI=1S/C22H27N3O4/c1-28-20-8-3-2-6-16(20)13-25(15-18-7-4-11-29-18)22(27)17-12-19-21(26)23-9-5-10-24(19)14-17/h2-3,6,8,12,14,18H,4-5,7,9-11,13,15H2,1H3,(H,23,26). The van der Waals surface area contributed by atoms with Crippen molar-refractivity contribution in [1.29, 1.82) is 0 Å². The largest absolute Gasteiger partial charge is 0.496 e. The van der Waals surface area contributed by atoms with E-state index in [4.69, 9.17) is 9.47 Å². The molecule has 1 saturated heterocycles. The number of rotatable bonds is 6. The van der Waals surface area contributed by atoms with Crippen LogP contribution in [0.3, 0.4) is 0 Å². The van der Waals surface area contributed by atoms with Crippen molar-refractivity contribution < 1.29 is 19.1 Å². The van der Waals surface area contributed by atoms with E-state index in [0.717, 1.165) is 43.7 Å². The van der Waals surface area contributed by atoms with Crippen molar-refractivity contribution in [3.8, 4) is 5.75 Å². The first-order chi connectivity index (χ1) is 14.2. The van der Waals surface area contributed by atoms with E-state index in [1.807, 2.05) is 28.8 Å². The minimum atomic E-state index is -0.128. The molecule has 2 aliphatic rings. The molecule has 1 aromatic carbocycles. The molecule has 1 atom stereocenters. The summed E-state index contributed by atoms with van der Waals surface area (Å²) in [7, 11) is 1.63. The second-order valence-electron chi connectivity index (χ2n) is 7.55. The normalized spacial score (nSPS) is 18.7. The monoisotopic (exact) mass is 397 g/mol. The third kappa shape index (κ3) is 4.29. The van der Waals surface area contributed by atoms with Gasteiger partial charge in [0.15, 0.2) is 0 Å². The van der Waals surface area contributed by atoms with Crippen molar-refractivity contribution in [1.82, 2.24) is 14.8 Å². The van der Waals surface area contributed by atoms with Gasteiger partial charge in [-0.1, -0.05) is 18.2 Å². The van der Waals surface area contributed by atoms with Gasteiger partial charge in [-0.3, -0.25) is 9.59 Å². The van der Waals surface area contributed by atoms with Gasteiger partial charge in [0.1, 0.15) is 11.4 Å². The third-order valence-electron chi connectivity index (χ3n) is 5.53. The number of nitrogens with one attached hydrogen (secondary N) is 1. The molecule has 3 heterocycles. The molecular weight excluding hydrogens is 370 g/mol. The molecule has 154 valence electrons. The molecule has 2 aliphatic heterocycles. The summed E-state index contributed by atoms with van der Waals surface area (Å²) in [6.45, 7) is 3.06. The smallest absolute Gasteiger partial charge is 0.267 e. The SMILES string of the molecule is COc1ccccc1CN(CC1CCCO1)C(=O)c1cc2n(c1)CCCNC2=O. The Morgan fingerprint density at radius 2 is 2.21 bits per heavy atom. The average Bonchev–Trinajstić information content (AvgIpc) is 3.37. The van der Waals surface area contributed by atoms with Crippen LogP contribution in [0.2, 0.25) is 0 Å². The maximum absolute atomic E-state index is 13.4. The van der Waals surface area contributed by atoms with Crippen LogP contribution >= 0.6 is 0 Å². The van der Waals surface area contributed by atoms with Gasteiger partial charge in [0.2, 0.25) is 0 Å². The van der Waals surface area contributed by atoms with Gasteiger partial charge in [-0.25, -0.2) is 0 Å². The van der Waals surface area contributed by atoms with E-state index >= 15 is 0 Å². The highest BCUT2D eigenvalue weighted by Gasteiger charge is 2.27. The van der Waals surface area contributed by atoms with Gasteiger partial charge < -0.3 is 24.3 Å². The molecule has 29 heavy (non-hydrogen) atoms. The van der Waals surface area contributed by atoms with Crippen molar-refractivity contribution >= 4 is 11.8 Å². The van der Waals surface area contributed by atoms with Crippen molar-refractivity contribution in [2.75, 3.05) is 26.8 Å². The number of ether oxygens (including phenoxy) is 2. The molecule has 2 aromatic rings. The molecule has 0 saturated carbocycles. The number of methoxy groups -OCH3 is 1. The van der Waals surface area contributed by atoms with Gasteiger partial charge in [0, 0.05) is 44.5 Å². The molecule has 0 spiro atoms. The fourth-order valence-corrected chi connectivity index (χ4v) is 4.02. The zero-order chi connectivity index (χ0) is 20.2. The summed E-state index contributed by atoms with van der Waals surface area (Å²) in [5, 5.41) is 2.87. The van der Waals surface area contributed by atoms with Crippen molar-refractivity contribution in [2.24, 2.45) is 0 Å². The topological polar surface area (TPSA) is 72.8 Å². The Bertz CT molecular complexity index is 886. The molecule has 1 fully saturated rings. The predicted molar refractivity (Wildman–Crippen MR) is 108 cm³/mol. The second kappa shape index (κ2) is 8.69. The molecule has 7 heteroatoms. The Morgan fingerprint density at radius 1 is 1.34 bits per heavy atom. The number of para-hydroxylation sites is 1. The number of benzene rings is 1. The van der Waals surface area contributed by atoms with E-state index < -0.39 is 0 Å². The van der Waals surface area contributed by atoms with Crippen molar-refractivity contribution in [2.45, 2.75) is 38.5 Å². The van der Waals surface area contributed by atoms with Crippen molar-refractivity contribution in [3.63, 3.8) is 0 Å². The van der Waals surface area contributed by atoms with Crippen LogP contribution in [0.5, 0.6) is 5.75 Å². The van der Waals surface area contributed by atoms with E-state index in [9.17, 15) is 9.59 Å². The molecule has 4 rings (SSSR count). The average molecular weight is 397 g/mol. The number of nitrogens with zero attached hydrogens (tertiary/aromatic N) is 2. The molecular formula is C22H27N3O4. The number of carbonyl (C=O) groups is 2. The van der Waals surface area contributed by atoms with Crippen LogP contribution in [0.4, 0.5) is 0 Å². The lowest BCUT2D eigenvalue weighted by molar-refractivity contribution is 0.0505. The lowest BCUT2D eigenvalue weighted by Crippen LogP contribution is -2.37. The molecule has 0 aliphatic carbocycles. The fraction of sp³-hybridized carbons (Fsp3) is 0.455. The van der Waals surface area contributed by atoms with Gasteiger partial charge in [-0.15, -0.1) is 0 Å². The van der Waals surface area contributed by atoms with E-state index in [2.05, 4.69) is 5.32 Å². The highest BCUT2D eigenvalue weighted by molar-refractivity contribution is 5.99. The van der Waals surface area contributed by atoms with E-state index in [-0.39, 0.29) is 17.9 Å². The van der Waals surface area contributed by atoms with E-state index in [1.54, 1.807) is 24.3 Å². The van der Waals surface area contributed by atoms with E-state index in [0.29, 0.717) is 30.9 Å². The van der Waals surface area contributed by atoms with Crippen LogP contribution in [0.25, 0.3) is 0 Å². The maximum atomic E-state index is 13.4. The number of amides is 2. The minimum Gasteiger partial charge on any atom is -0.496 e. The van der Waals surface area contributed by atoms with Crippen LogP contribution in [-0.4, -0.2) is 54.2 Å². The predicted octanol–water partition coefficient (Wildman–Crippen LogP) is 2.45. The van der Waals surface area contributed by atoms with Gasteiger partial charge in [-0.05, 0) is 31.4 Å². The van der Waals surface area contributed by atoms with Gasteiger partial charge in [0.25, 0.3) is 11.8 Å². The highest BCUT2D eigenvalue weighted by atomic mass is 16.5. The first kappa shape index (κ1) is 19.5. The molecule has 1 N–H and O–H groups in total. The summed E-state index contributed by atoms with van der Waals surface area (Å²) >= 11 is 0. The van der Waals surface area contributed by atoms with Crippen molar-refractivity contribution in [3.05, 3.63) is 53.3 Å². The van der Waals surface area contributed by atoms with Crippen LogP contribution in [0, 0.1) is 0 Å². The highest BCUT2D eigenvalue weighted by Crippen LogP contribution is 2.23. The Morgan fingerprint density at radius 3 is 3.00 bits per heavy atom. The van der Waals surface area contributed by atoms with Gasteiger partial charge in [-0.2, -0.15) is 0 Å². The third-order valence-corrected chi connectivity index (χ3v) is 5.53. The Kier molecular flexibility index (Phi) is 5.85. The number of aromatic nitrogens is 1. The van der Waals surface area contributed by atoms with Gasteiger partial charge >= 0.3 is 0 Å². The summed E-state index contributed by atoms with van der Waals surface area (Å²) in [5.41, 5.74) is 2.02. The molecule has 0 radical (unpaired) electrons. The van der Waals surface area contributed by atoms with Crippen LogP contribution in [-0.2, 0) is 17.8 Å². The molecule has 0 bridgehead atoms. The quantitative estimate of drug-likeness (QED) is 0.813. The summed E-state index contributed by atoms with van der Waals surface area (Å²) < 4.78 is 13.1. The Hall–Kier alpha value is -2.80. The summed E-state index contributed by atoms with van der Waals surface area (Å²) in [5.74, 6) is 0.529. The molecule has 1 aromatic heterocycles. The van der Waals surface area contributed by atoms with E-state index in [1.165, 1.54) is 0 Å². The van der Waals surface area contributed by atoms with Gasteiger partial charge in [0.05, 0.1) is 18.8 Å². The Balaban J connectivity index is 1.60. The number of hydrogen-bond acceptors (Lipinski definition) is 4. The fourth-order valence-electron chi connectivity index (χ4n) is 4.02. The number of aryl methyl sites for hydroxylation is 1. The summed E-state index contributed by atoms with van der Waals surface area (Å²) in [4.78, 5) is 27.5. The lowest BCUT2D eigenvalue weighted by atomic mass is 10.1. The zero-order valence-electron chi connectivity index (χ0n) is 16.7. The minimum absolute atomic E-state index is 0.0393. The number of fused-ring (bicyclic) bond motifs is 1. The molecule has 1 unspecified atom stereocenters. The lowest BCUT2D eigenvalue weighted by Gasteiger charge is -2.26. The first-order valence-electron chi connectivity index (χ1n) is 10.2. The number of hydrogen-bond donors (Lipinski definition) is 1. The van der Waals surface area contributed by atoms with Crippen LogP contribution in [0.1, 0.15) is 45.7 Å². The second-order valence-corrected chi connectivity index (χ2v) is 7.55. The Labute approximate surface area is 170 Å². The number of carbonyl (C=O) groups excluding carboxylic acids is 2. The summed E-state index contributed by atoms with van der Waals surface area (Å²) in [6, 6.07) is 9.43. The molecule has 2 amide bonds. The first-order valence-corrected chi connectivity index (χ1v) is 10.2. The summed E-state index contributed by atoms with van der Waals surface area (Å²) in [6.07, 6.45) is 4.65. The molecule has 7 nitrogen and oxygen atoms in total.